The summed E-state index contributed by atoms with van der Waals surface area (Å²) in [6.07, 6.45) is 0.790. The lowest BCUT2D eigenvalue weighted by Gasteiger charge is -2.11. The van der Waals surface area contributed by atoms with Crippen molar-refractivity contribution in [2.45, 2.75) is 27.2 Å². The maximum atomic E-state index is 5.63. The van der Waals surface area contributed by atoms with Gasteiger partial charge in [0.25, 0.3) is 0 Å². The third-order valence-corrected chi connectivity index (χ3v) is 2.24. The largest absolute Gasteiger partial charge is 0.477 e. The number of aromatic nitrogens is 2. The van der Waals surface area contributed by atoms with E-state index in [0.29, 0.717) is 25.0 Å². The quantitative estimate of drug-likeness (QED) is 0.719. The molecule has 1 heterocycles. The minimum atomic E-state index is 0.481. The molecule has 1 aromatic heterocycles. The minimum absolute atomic E-state index is 0.481. The van der Waals surface area contributed by atoms with E-state index in [1.165, 1.54) is 0 Å². The number of hydrogen-bond acceptors (Lipinski definition) is 5. The Labute approximate surface area is 109 Å². The summed E-state index contributed by atoms with van der Waals surface area (Å²) in [5.41, 5.74) is 0. The number of hydrogen-bond donors (Lipinski definition) is 1. The highest BCUT2D eigenvalue weighted by Gasteiger charge is 2.05. The first kappa shape index (κ1) is 14.7. The fourth-order valence-electron chi connectivity index (χ4n) is 1.33. The summed E-state index contributed by atoms with van der Waals surface area (Å²) in [6.45, 7) is 8.28. The van der Waals surface area contributed by atoms with Gasteiger partial charge in [0, 0.05) is 26.1 Å². The van der Waals surface area contributed by atoms with E-state index in [0.717, 1.165) is 24.6 Å². The van der Waals surface area contributed by atoms with E-state index in [4.69, 9.17) is 9.47 Å². The van der Waals surface area contributed by atoms with Crippen molar-refractivity contribution in [2.24, 2.45) is 5.92 Å². The summed E-state index contributed by atoms with van der Waals surface area (Å²) in [4.78, 5) is 8.74. The number of ether oxygens (including phenoxy) is 2. The molecule has 1 rings (SSSR count). The molecule has 0 aromatic carbocycles. The Morgan fingerprint density at radius 3 is 2.72 bits per heavy atom. The van der Waals surface area contributed by atoms with E-state index in [1.54, 1.807) is 7.11 Å². The van der Waals surface area contributed by atoms with Gasteiger partial charge in [-0.15, -0.1) is 0 Å². The molecule has 0 bridgehead atoms. The van der Waals surface area contributed by atoms with Gasteiger partial charge in [-0.1, -0.05) is 20.8 Å². The van der Waals surface area contributed by atoms with Gasteiger partial charge in [-0.25, -0.2) is 4.98 Å². The Morgan fingerprint density at radius 1 is 1.33 bits per heavy atom. The number of rotatable bonds is 8. The van der Waals surface area contributed by atoms with Crippen molar-refractivity contribution in [1.82, 2.24) is 9.97 Å². The van der Waals surface area contributed by atoms with Crippen molar-refractivity contribution in [1.29, 1.82) is 0 Å². The van der Waals surface area contributed by atoms with E-state index < -0.39 is 0 Å². The molecule has 1 aromatic rings. The van der Waals surface area contributed by atoms with Crippen LogP contribution < -0.4 is 10.1 Å². The second kappa shape index (κ2) is 7.87. The second-order valence-electron chi connectivity index (χ2n) is 4.49. The molecular weight excluding hydrogens is 230 g/mol. The molecule has 0 atom stereocenters. The van der Waals surface area contributed by atoms with Crippen LogP contribution in [-0.2, 0) is 11.2 Å². The van der Waals surface area contributed by atoms with Gasteiger partial charge in [-0.2, -0.15) is 4.98 Å². The Hall–Kier alpha value is -1.36. The topological polar surface area (TPSA) is 56.3 Å². The molecule has 0 spiro atoms. The molecule has 18 heavy (non-hydrogen) atoms. The van der Waals surface area contributed by atoms with Gasteiger partial charge < -0.3 is 14.8 Å². The molecule has 5 nitrogen and oxygen atoms in total. The zero-order valence-electron chi connectivity index (χ0n) is 11.7. The average molecular weight is 253 g/mol. The highest BCUT2D eigenvalue weighted by Crippen LogP contribution is 2.14. The van der Waals surface area contributed by atoms with Crippen LogP contribution in [0, 0.1) is 5.92 Å². The molecule has 0 radical (unpaired) electrons. The van der Waals surface area contributed by atoms with Crippen molar-refractivity contribution in [3.8, 4) is 5.88 Å². The minimum Gasteiger partial charge on any atom is -0.477 e. The molecule has 102 valence electrons. The number of methoxy groups -OCH3 is 1. The van der Waals surface area contributed by atoms with Crippen LogP contribution in [0.4, 0.5) is 5.82 Å². The summed E-state index contributed by atoms with van der Waals surface area (Å²) >= 11 is 0. The molecule has 0 aliphatic rings. The van der Waals surface area contributed by atoms with E-state index in [2.05, 4.69) is 29.1 Å². The van der Waals surface area contributed by atoms with Crippen LogP contribution in [0.2, 0.25) is 0 Å². The lowest BCUT2D eigenvalue weighted by molar-refractivity contribution is 0.210. The molecule has 0 fully saturated rings. The zero-order valence-corrected chi connectivity index (χ0v) is 11.7. The molecule has 1 N–H and O–H groups in total. The van der Waals surface area contributed by atoms with E-state index in [9.17, 15) is 0 Å². The molecule has 0 aliphatic carbocycles. The maximum absolute atomic E-state index is 5.63. The lowest BCUT2D eigenvalue weighted by Crippen LogP contribution is -2.12. The van der Waals surface area contributed by atoms with Crippen molar-refractivity contribution in [3.63, 3.8) is 0 Å². The Balaban J connectivity index is 2.67. The summed E-state index contributed by atoms with van der Waals surface area (Å²) in [7, 11) is 1.68. The fraction of sp³-hybridized carbons (Fsp3) is 0.692. The zero-order chi connectivity index (χ0) is 13.4. The van der Waals surface area contributed by atoms with E-state index in [-0.39, 0.29) is 0 Å². The second-order valence-corrected chi connectivity index (χ2v) is 4.49. The van der Waals surface area contributed by atoms with Crippen LogP contribution in [-0.4, -0.2) is 36.8 Å². The summed E-state index contributed by atoms with van der Waals surface area (Å²) < 4.78 is 10.6. The van der Waals surface area contributed by atoms with Crippen LogP contribution in [0.3, 0.4) is 0 Å². The predicted octanol–water partition coefficient (Wildman–Crippen LogP) is 2.13. The van der Waals surface area contributed by atoms with Crippen LogP contribution in [0.1, 0.15) is 26.6 Å². The first-order valence-electron chi connectivity index (χ1n) is 6.39. The highest BCUT2D eigenvalue weighted by atomic mass is 16.5. The first-order chi connectivity index (χ1) is 8.65. The fourth-order valence-corrected chi connectivity index (χ4v) is 1.33. The molecule has 0 aliphatic heterocycles. The maximum Gasteiger partial charge on any atom is 0.218 e. The summed E-state index contributed by atoms with van der Waals surface area (Å²) in [6, 6.07) is 1.83. The smallest absolute Gasteiger partial charge is 0.218 e. The van der Waals surface area contributed by atoms with Crippen molar-refractivity contribution < 1.29 is 9.47 Å². The Kier molecular flexibility index (Phi) is 6.43. The number of nitrogens with zero attached hydrogens (tertiary/aromatic N) is 2. The monoisotopic (exact) mass is 253 g/mol. The molecule has 0 saturated carbocycles. The first-order valence-corrected chi connectivity index (χ1v) is 6.39. The third kappa shape index (κ3) is 5.31. The van der Waals surface area contributed by atoms with Crippen molar-refractivity contribution in [2.75, 3.05) is 32.2 Å². The van der Waals surface area contributed by atoms with Crippen molar-refractivity contribution in [3.05, 3.63) is 11.9 Å². The molecule has 5 heteroatoms. The standard InChI is InChI=1S/C13H23N3O2/c1-5-11-15-12(14-6-7-17-4)8-13(16-11)18-9-10(2)3/h8,10H,5-7,9H2,1-4H3,(H,14,15,16). The lowest BCUT2D eigenvalue weighted by atomic mass is 10.2. The van der Waals surface area contributed by atoms with Gasteiger partial charge in [0.05, 0.1) is 13.2 Å². The van der Waals surface area contributed by atoms with Crippen LogP contribution in [0.15, 0.2) is 6.07 Å². The molecular formula is C13H23N3O2. The highest BCUT2D eigenvalue weighted by molar-refractivity contribution is 5.38. The van der Waals surface area contributed by atoms with E-state index in [1.807, 2.05) is 13.0 Å². The third-order valence-electron chi connectivity index (χ3n) is 2.24. The molecule has 0 saturated heterocycles. The Morgan fingerprint density at radius 2 is 2.11 bits per heavy atom. The van der Waals surface area contributed by atoms with Crippen LogP contribution in [0.25, 0.3) is 0 Å². The van der Waals surface area contributed by atoms with Gasteiger partial charge in [0.15, 0.2) is 0 Å². The predicted molar refractivity (Wildman–Crippen MR) is 72.1 cm³/mol. The van der Waals surface area contributed by atoms with Crippen LogP contribution >= 0.6 is 0 Å². The van der Waals surface area contributed by atoms with Gasteiger partial charge >= 0.3 is 0 Å². The van der Waals surface area contributed by atoms with Crippen molar-refractivity contribution >= 4 is 5.82 Å². The normalized spacial score (nSPS) is 10.7. The Bertz CT molecular complexity index is 356. The number of nitrogens with one attached hydrogen (secondary N) is 1. The van der Waals surface area contributed by atoms with Gasteiger partial charge in [0.2, 0.25) is 5.88 Å². The number of anilines is 1. The van der Waals surface area contributed by atoms with E-state index >= 15 is 0 Å². The molecule has 0 unspecified atom stereocenters. The SMILES string of the molecule is CCc1nc(NCCOC)cc(OCC(C)C)n1. The molecule has 0 amide bonds. The number of aryl methyl sites for hydroxylation is 1. The summed E-state index contributed by atoms with van der Waals surface area (Å²) in [5.74, 6) is 2.69. The average Bonchev–Trinajstić information content (AvgIpc) is 2.36. The van der Waals surface area contributed by atoms with Gasteiger partial charge in [-0.3, -0.25) is 0 Å². The van der Waals surface area contributed by atoms with Crippen LogP contribution in [0.5, 0.6) is 5.88 Å². The van der Waals surface area contributed by atoms with Gasteiger partial charge in [-0.05, 0) is 5.92 Å². The van der Waals surface area contributed by atoms with Gasteiger partial charge in [0.1, 0.15) is 11.6 Å². The summed E-state index contributed by atoms with van der Waals surface area (Å²) in [5, 5.41) is 3.19.